The summed E-state index contributed by atoms with van der Waals surface area (Å²) in [7, 11) is 0. The predicted octanol–water partition coefficient (Wildman–Crippen LogP) is 3.60. The average Bonchev–Trinajstić information content (AvgIpc) is 3.39. The Hall–Kier alpha value is -2.17. The molecule has 8 nitrogen and oxygen atoms in total. The van der Waals surface area contributed by atoms with E-state index in [-0.39, 0.29) is 11.1 Å². The van der Waals surface area contributed by atoms with E-state index in [9.17, 15) is 5.11 Å². The molecule has 1 saturated heterocycles. The maximum Gasteiger partial charge on any atom is 0.234 e. The first-order valence-electron chi connectivity index (χ1n) is 9.74. The lowest BCUT2D eigenvalue weighted by Gasteiger charge is -2.34. The van der Waals surface area contributed by atoms with E-state index in [0.717, 1.165) is 47.5 Å². The number of aryl methyl sites for hydroxylation is 1. The van der Waals surface area contributed by atoms with Crippen LogP contribution in [0.4, 0.5) is 5.13 Å². The van der Waals surface area contributed by atoms with Crippen LogP contribution in [0.1, 0.15) is 36.2 Å². The molecule has 0 bridgehead atoms. The lowest BCUT2D eigenvalue weighted by atomic mass is 10.2. The number of nitrogens with zero attached hydrogens (tertiary/aromatic N) is 6. The van der Waals surface area contributed by atoms with Crippen LogP contribution in [0.5, 0.6) is 5.75 Å². The molecule has 4 rings (SSSR count). The SMILES string of the molecule is CCC1=NN(/C(=N/c2nnc(CC)s2)N2CCOCC2)C(c2ccccc2O)S1. The Bertz CT molecular complexity index is 910. The van der Waals surface area contributed by atoms with Gasteiger partial charge in [-0.2, -0.15) is 10.1 Å². The Kier molecular flexibility index (Phi) is 6.31. The van der Waals surface area contributed by atoms with Crippen LogP contribution in [0.3, 0.4) is 0 Å². The number of hydrazone groups is 1. The van der Waals surface area contributed by atoms with Gasteiger partial charge in [0.25, 0.3) is 0 Å². The third kappa shape index (κ3) is 4.39. The number of aliphatic imine (C=N–C) groups is 1. The summed E-state index contributed by atoms with van der Waals surface area (Å²) in [6.45, 7) is 6.87. The van der Waals surface area contributed by atoms with Crippen LogP contribution in [0, 0.1) is 0 Å². The summed E-state index contributed by atoms with van der Waals surface area (Å²) in [6.07, 6.45) is 1.65. The molecule has 0 aliphatic carbocycles. The summed E-state index contributed by atoms with van der Waals surface area (Å²) in [5.41, 5.74) is 0.817. The maximum absolute atomic E-state index is 10.5. The highest BCUT2D eigenvalue weighted by atomic mass is 32.2. The molecule has 3 heterocycles. The molecule has 0 saturated carbocycles. The van der Waals surface area contributed by atoms with Gasteiger partial charge in [0.2, 0.25) is 11.1 Å². The van der Waals surface area contributed by atoms with Crippen molar-refractivity contribution < 1.29 is 9.84 Å². The van der Waals surface area contributed by atoms with E-state index in [1.165, 1.54) is 11.3 Å². The van der Waals surface area contributed by atoms with Gasteiger partial charge in [-0.25, -0.2) is 5.01 Å². The van der Waals surface area contributed by atoms with Crippen molar-refractivity contribution in [3.05, 3.63) is 34.8 Å². The van der Waals surface area contributed by atoms with Crippen molar-refractivity contribution in [2.75, 3.05) is 26.3 Å². The molecule has 1 atom stereocenters. The number of phenolic OH excluding ortho intramolecular Hbond substituents is 1. The summed E-state index contributed by atoms with van der Waals surface area (Å²) in [5, 5.41) is 28.1. The Morgan fingerprint density at radius 2 is 2.00 bits per heavy atom. The molecule has 0 spiro atoms. The van der Waals surface area contributed by atoms with Gasteiger partial charge in [-0.3, -0.25) is 0 Å². The van der Waals surface area contributed by atoms with Crippen molar-refractivity contribution in [2.45, 2.75) is 32.1 Å². The number of benzene rings is 1. The van der Waals surface area contributed by atoms with Crippen LogP contribution in [-0.4, -0.2) is 62.5 Å². The number of ether oxygens (including phenoxy) is 1. The number of rotatable bonds is 4. The van der Waals surface area contributed by atoms with Gasteiger partial charge in [0.05, 0.1) is 18.3 Å². The Balaban J connectivity index is 1.75. The summed E-state index contributed by atoms with van der Waals surface area (Å²) in [4.78, 5) is 7.04. The monoisotopic (exact) mass is 432 g/mol. The first kappa shape index (κ1) is 20.1. The molecule has 1 N–H and O–H groups in total. The van der Waals surface area contributed by atoms with E-state index >= 15 is 0 Å². The minimum absolute atomic E-state index is 0.189. The van der Waals surface area contributed by atoms with Crippen LogP contribution in [-0.2, 0) is 11.2 Å². The number of thioether (sulfide) groups is 1. The van der Waals surface area contributed by atoms with Gasteiger partial charge in [0, 0.05) is 18.7 Å². The van der Waals surface area contributed by atoms with E-state index in [2.05, 4.69) is 28.9 Å². The summed E-state index contributed by atoms with van der Waals surface area (Å²) >= 11 is 3.13. The maximum atomic E-state index is 10.5. The van der Waals surface area contributed by atoms with Crippen molar-refractivity contribution >= 4 is 39.2 Å². The summed E-state index contributed by atoms with van der Waals surface area (Å²) in [6, 6.07) is 7.41. The zero-order valence-electron chi connectivity index (χ0n) is 16.5. The molecule has 2 aliphatic rings. The first-order valence-corrected chi connectivity index (χ1v) is 11.4. The summed E-state index contributed by atoms with van der Waals surface area (Å²) < 4.78 is 5.54. The lowest BCUT2D eigenvalue weighted by molar-refractivity contribution is 0.0620. The number of aromatic nitrogens is 2. The van der Waals surface area contributed by atoms with Crippen molar-refractivity contribution in [2.24, 2.45) is 10.1 Å². The van der Waals surface area contributed by atoms with Crippen LogP contribution < -0.4 is 0 Å². The smallest absolute Gasteiger partial charge is 0.234 e. The van der Waals surface area contributed by atoms with Crippen LogP contribution in [0.15, 0.2) is 34.4 Å². The fourth-order valence-corrected chi connectivity index (χ4v) is 4.89. The molecule has 0 amide bonds. The molecule has 1 aromatic carbocycles. The lowest BCUT2D eigenvalue weighted by Crippen LogP contribution is -2.47. The van der Waals surface area contributed by atoms with Crippen molar-refractivity contribution in [3.63, 3.8) is 0 Å². The molecule has 29 heavy (non-hydrogen) atoms. The van der Waals surface area contributed by atoms with Gasteiger partial charge in [-0.15, -0.1) is 10.2 Å². The van der Waals surface area contributed by atoms with Crippen LogP contribution in [0.2, 0.25) is 0 Å². The third-order valence-electron chi connectivity index (χ3n) is 4.65. The van der Waals surface area contributed by atoms with Gasteiger partial charge in [0.15, 0.2) is 0 Å². The number of hydrogen-bond donors (Lipinski definition) is 1. The summed E-state index contributed by atoms with van der Waals surface area (Å²) in [5.74, 6) is 0.976. The highest BCUT2D eigenvalue weighted by molar-refractivity contribution is 8.14. The quantitative estimate of drug-likeness (QED) is 0.583. The van der Waals surface area contributed by atoms with Crippen molar-refractivity contribution in [3.8, 4) is 5.75 Å². The molecule has 0 radical (unpaired) electrons. The molecule has 2 aromatic rings. The Labute approximate surface area is 178 Å². The molecule has 2 aliphatic heterocycles. The molecule has 10 heteroatoms. The van der Waals surface area contributed by atoms with Crippen molar-refractivity contribution in [1.29, 1.82) is 0 Å². The van der Waals surface area contributed by atoms with E-state index in [1.807, 2.05) is 23.2 Å². The first-order chi connectivity index (χ1) is 14.2. The van der Waals surface area contributed by atoms with E-state index in [1.54, 1.807) is 17.8 Å². The van der Waals surface area contributed by atoms with Crippen LogP contribution in [0.25, 0.3) is 0 Å². The second-order valence-corrected chi connectivity index (χ2v) is 8.76. The molecule has 154 valence electrons. The van der Waals surface area contributed by atoms with Crippen molar-refractivity contribution in [1.82, 2.24) is 20.1 Å². The van der Waals surface area contributed by atoms with Gasteiger partial charge in [-0.05, 0) is 18.9 Å². The van der Waals surface area contributed by atoms with Gasteiger partial charge in [0.1, 0.15) is 16.1 Å². The number of para-hydroxylation sites is 1. The predicted molar refractivity (Wildman–Crippen MR) is 117 cm³/mol. The average molecular weight is 433 g/mol. The van der Waals surface area contributed by atoms with E-state index < -0.39 is 0 Å². The number of hydrogen-bond acceptors (Lipinski definition) is 8. The second kappa shape index (κ2) is 9.10. The van der Waals surface area contributed by atoms with Gasteiger partial charge >= 0.3 is 0 Å². The zero-order valence-corrected chi connectivity index (χ0v) is 18.1. The molecular formula is C19H24N6O2S2. The zero-order chi connectivity index (χ0) is 20.2. The topological polar surface area (TPSA) is 86.4 Å². The minimum atomic E-state index is -0.189. The Morgan fingerprint density at radius 1 is 1.21 bits per heavy atom. The number of guanidine groups is 1. The normalized spacial score (nSPS) is 20.3. The number of phenols is 1. The Morgan fingerprint density at radius 3 is 2.69 bits per heavy atom. The molecule has 1 aromatic heterocycles. The third-order valence-corrected chi connectivity index (χ3v) is 6.93. The number of morpholine rings is 1. The fraction of sp³-hybridized carbons (Fsp3) is 0.474. The van der Waals surface area contributed by atoms with Gasteiger partial charge in [-0.1, -0.05) is 55.1 Å². The fourth-order valence-electron chi connectivity index (χ4n) is 3.12. The molecule has 1 fully saturated rings. The highest BCUT2D eigenvalue weighted by Crippen LogP contribution is 2.44. The van der Waals surface area contributed by atoms with Gasteiger partial charge < -0.3 is 14.7 Å². The standard InChI is InChI=1S/C19H24N6O2S2/c1-3-15-21-22-18(29-15)20-19(24-9-11-27-12-10-24)25-17(28-16(4-2)23-25)13-7-5-6-8-14(13)26/h5-8,17,26H,3-4,9-12H2,1-2H3/b20-19+. The van der Waals surface area contributed by atoms with E-state index in [4.69, 9.17) is 14.8 Å². The van der Waals surface area contributed by atoms with E-state index in [0.29, 0.717) is 18.3 Å². The minimum Gasteiger partial charge on any atom is -0.508 e. The van der Waals surface area contributed by atoms with Crippen LogP contribution >= 0.6 is 23.1 Å². The largest absolute Gasteiger partial charge is 0.508 e. The molecular weight excluding hydrogens is 408 g/mol. The highest BCUT2D eigenvalue weighted by Gasteiger charge is 2.36. The number of aromatic hydroxyl groups is 1. The molecule has 1 unspecified atom stereocenters. The second-order valence-electron chi connectivity index (χ2n) is 6.56.